The number of hydrogen-bond donors (Lipinski definition) is 2. The van der Waals surface area contributed by atoms with Crippen molar-refractivity contribution in [2.75, 3.05) is 19.8 Å². The Morgan fingerprint density at radius 3 is 2.88 bits per heavy atom. The molecular weight excluding hydrogens is 312 g/mol. The molecule has 0 aliphatic carbocycles. The highest BCUT2D eigenvalue weighted by Crippen LogP contribution is 2.04. The number of carbonyl (C=O) groups is 2. The highest BCUT2D eigenvalue weighted by molar-refractivity contribution is 5.94. The largest absolute Gasteiger partial charge is 0.382 e. The van der Waals surface area contributed by atoms with Gasteiger partial charge in [-0.1, -0.05) is 12.1 Å². The van der Waals surface area contributed by atoms with E-state index in [4.69, 9.17) is 4.74 Å². The highest BCUT2D eigenvalue weighted by atomic mass is 16.5. The van der Waals surface area contributed by atoms with Crippen molar-refractivity contribution in [2.24, 2.45) is 0 Å². The summed E-state index contributed by atoms with van der Waals surface area (Å²) in [5.74, 6) is -0.587. The number of rotatable bonds is 7. The fraction of sp³-hybridized carbons (Fsp3) is 0.375. The third-order valence-corrected chi connectivity index (χ3v) is 3.25. The summed E-state index contributed by atoms with van der Waals surface area (Å²) in [5.41, 5.74) is 0.235. The van der Waals surface area contributed by atoms with Crippen molar-refractivity contribution < 1.29 is 14.3 Å². The summed E-state index contributed by atoms with van der Waals surface area (Å²) in [4.78, 5) is 39.8. The molecule has 0 saturated heterocycles. The number of hydrogen-bond acceptors (Lipinski definition) is 5. The average Bonchev–Trinajstić information content (AvgIpc) is 2.57. The van der Waals surface area contributed by atoms with Crippen molar-refractivity contribution in [3.63, 3.8) is 0 Å². The molecule has 0 aliphatic rings. The van der Waals surface area contributed by atoms with Crippen molar-refractivity contribution in [3.8, 4) is 0 Å². The van der Waals surface area contributed by atoms with Gasteiger partial charge in [0.25, 0.3) is 5.56 Å². The molecule has 1 heterocycles. The van der Waals surface area contributed by atoms with E-state index in [9.17, 15) is 14.4 Å². The number of nitrogens with zero attached hydrogens (tertiary/aromatic N) is 2. The molecule has 0 spiro atoms. The van der Waals surface area contributed by atoms with E-state index in [1.807, 2.05) is 6.92 Å². The normalized spacial score (nSPS) is 10.5. The van der Waals surface area contributed by atoms with E-state index in [-0.39, 0.29) is 12.1 Å². The minimum atomic E-state index is -0.599. The van der Waals surface area contributed by atoms with Crippen LogP contribution in [0.15, 0.2) is 35.4 Å². The Hall–Kier alpha value is -2.74. The van der Waals surface area contributed by atoms with Crippen LogP contribution in [0.1, 0.15) is 13.3 Å². The molecule has 0 unspecified atom stereocenters. The molecule has 1 aromatic carbocycles. The molecule has 2 aromatic rings. The lowest BCUT2D eigenvalue weighted by atomic mass is 10.2. The van der Waals surface area contributed by atoms with Crippen LogP contribution in [-0.2, 0) is 16.1 Å². The molecule has 0 atom stereocenters. The van der Waals surface area contributed by atoms with Gasteiger partial charge in [-0.2, -0.15) is 0 Å². The van der Waals surface area contributed by atoms with E-state index >= 15 is 0 Å². The summed E-state index contributed by atoms with van der Waals surface area (Å²) in [6.45, 7) is 3.18. The Morgan fingerprint density at radius 1 is 1.29 bits per heavy atom. The molecule has 2 N–H and O–H groups in total. The Bertz CT molecular complexity index is 772. The van der Waals surface area contributed by atoms with Gasteiger partial charge in [0.05, 0.1) is 17.2 Å². The minimum absolute atomic E-state index is 0.275. The quantitative estimate of drug-likeness (QED) is 0.725. The lowest BCUT2D eigenvalue weighted by Gasteiger charge is -2.08. The van der Waals surface area contributed by atoms with Crippen molar-refractivity contribution in [2.45, 2.75) is 19.9 Å². The third-order valence-electron chi connectivity index (χ3n) is 3.25. The van der Waals surface area contributed by atoms with Gasteiger partial charge in [-0.3, -0.25) is 19.5 Å². The van der Waals surface area contributed by atoms with E-state index in [1.165, 1.54) is 10.9 Å². The summed E-state index contributed by atoms with van der Waals surface area (Å²) >= 11 is 0. The van der Waals surface area contributed by atoms with Gasteiger partial charge in [-0.25, -0.2) is 9.78 Å². The van der Waals surface area contributed by atoms with Gasteiger partial charge in [0.15, 0.2) is 0 Å². The van der Waals surface area contributed by atoms with E-state index in [0.717, 1.165) is 0 Å². The number of carbonyl (C=O) groups excluding carboxylic acids is 2. The molecule has 128 valence electrons. The second-order valence-corrected chi connectivity index (χ2v) is 5.05. The number of urea groups is 1. The second kappa shape index (κ2) is 8.78. The molecule has 0 bridgehead atoms. The van der Waals surface area contributed by atoms with E-state index in [0.29, 0.717) is 37.1 Å². The van der Waals surface area contributed by atoms with Crippen LogP contribution in [0.4, 0.5) is 4.79 Å². The molecule has 24 heavy (non-hydrogen) atoms. The molecule has 8 heteroatoms. The Kier molecular flexibility index (Phi) is 6.44. The maximum Gasteiger partial charge on any atom is 0.321 e. The van der Waals surface area contributed by atoms with Crippen LogP contribution < -0.4 is 16.2 Å². The predicted octanol–water partition coefficient (Wildman–Crippen LogP) is 0.649. The summed E-state index contributed by atoms with van der Waals surface area (Å²) in [6.07, 6.45) is 1.95. The van der Waals surface area contributed by atoms with Crippen molar-refractivity contribution in [3.05, 3.63) is 40.9 Å². The Balaban J connectivity index is 1.87. The van der Waals surface area contributed by atoms with Gasteiger partial charge in [0, 0.05) is 19.8 Å². The number of fused-ring (bicyclic) bond motifs is 1. The lowest BCUT2D eigenvalue weighted by Crippen LogP contribution is -2.42. The van der Waals surface area contributed by atoms with Crippen molar-refractivity contribution in [1.82, 2.24) is 20.2 Å². The van der Waals surface area contributed by atoms with Gasteiger partial charge < -0.3 is 10.1 Å². The van der Waals surface area contributed by atoms with Gasteiger partial charge in [-0.05, 0) is 25.5 Å². The van der Waals surface area contributed by atoms with Crippen LogP contribution in [0.3, 0.4) is 0 Å². The zero-order chi connectivity index (χ0) is 17.4. The molecule has 2 rings (SSSR count). The fourth-order valence-corrected chi connectivity index (χ4v) is 2.10. The van der Waals surface area contributed by atoms with Crippen LogP contribution in [0.5, 0.6) is 0 Å². The first kappa shape index (κ1) is 17.6. The lowest BCUT2D eigenvalue weighted by molar-refractivity contribution is -0.120. The maximum atomic E-state index is 12.3. The number of imide groups is 1. The average molecular weight is 332 g/mol. The van der Waals surface area contributed by atoms with E-state index < -0.39 is 11.9 Å². The number of aromatic nitrogens is 2. The Morgan fingerprint density at radius 2 is 2.08 bits per heavy atom. The monoisotopic (exact) mass is 332 g/mol. The standard InChI is InChI=1S/C16H20N4O4/c1-2-24-9-5-8-17-16(23)19-14(21)10-20-11-18-13-7-4-3-6-12(13)15(20)22/h3-4,6-7,11H,2,5,8-10H2,1H3,(H2,17,19,21,23). The van der Waals surface area contributed by atoms with Crippen LogP contribution >= 0.6 is 0 Å². The summed E-state index contributed by atoms with van der Waals surface area (Å²) in [6, 6.07) is 6.27. The molecule has 0 radical (unpaired) electrons. The van der Waals surface area contributed by atoms with E-state index in [2.05, 4.69) is 15.6 Å². The zero-order valence-electron chi connectivity index (χ0n) is 13.4. The number of ether oxygens (including phenoxy) is 1. The summed E-state index contributed by atoms with van der Waals surface area (Å²) < 4.78 is 6.31. The molecule has 3 amide bonds. The maximum absolute atomic E-state index is 12.3. The topological polar surface area (TPSA) is 102 Å². The first-order valence-corrected chi connectivity index (χ1v) is 7.71. The first-order valence-electron chi connectivity index (χ1n) is 7.71. The molecule has 0 fully saturated rings. The number of benzene rings is 1. The van der Waals surface area contributed by atoms with Crippen molar-refractivity contribution >= 4 is 22.8 Å². The molecule has 0 aliphatic heterocycles. The smallest absolute Gasteiger partial charge is 0.321 e. The minimum Gasteiger partial charge on any atom is -0.382 e. The molecular formula is C16H20N4O4. The predicted molar refractivity (Wildman–Crippen MR) is 88.7 cm³/mol. The number of para-hydroxylation sites is 1. The molecule has 1 aromatic heterocycles. The number of amides is 3. The fourth-order valence-electron chi connectivity index (χ4n) is 2.10. The van der Waals surface area contributed by atoms with Crippen LogP contribution in [0.2, 0.25) is 0 Å². The second-order valence-electron chi connectivity index (χ2n) is 5.05. The van der Waals surface area contributed by atoms with Gasteiger partial charge >= 0.3 is 6.03 Å². The number of nitrogens with one attached hydrogen (secondary N) is 2. The summed E-state index contributed by atoms with van der Waals surface area (Å²) in [7, 11) is 0. The van der Waals surface area contributed by atoms with Gasteiger partial charge in [0.2, 0.25) is 5.91 Å². The first-order chi connectivity index (χ1) is 11.6. The molecule has 8 nitrogen and oxygen atoms in total. The zero-order valence-corrected chi connectivity index (χ0v) is 13.4. The third kappa shape index (κ3) is 4.88. The summed E-state index contributed by atoms with van der Waals surface area (Å²) in [5, 5.41) is 5.15. The highest BCUT2D eigenvalue weighted by Gasteiger charge is 2.10. The molecule has 0 saturated carbocycles. The van der Waals surface area contributed by atoms with Crippen LogP contribution in [0, 0.1) is 0 Å². The van der Waals surface area contributed by atoms with Crippen molar-refractivity contribution in [1.29, 1.82) is 0 Å². The van der Waals surface area contributed by atoms with E-state index in [1.54, 1.807) is 24.3 Å². The van der Waals surface area contributed by atoms with Gasteiger partial charge in [-0.15, -0.1) is 0 Å². The SMILES string of the molecule is CCOCCCNC(=O)NC(=O)Cn1cnc2ccccc2c1=O. The van der Waals surface area contributed by atoms with Crippen LogP contribution in [0.25, 0.3) is 10.9 Å². The Labute approximate surface area is 138 Å². The van der Waals surface area contributed by atoms with Gasteiger partial charge in [0.1, 0.15) is 6.54 Å². The van der Waals surface area contributed by atoms with Crippen LogP contribution in [-0.4, -0.2) is 41.2 Å².